The van der Waals surface area contributed by atoms with Gasteiger partial charge in [-0.2, -0.15) is 0 Å². The molecule has 1 heterocycles. The number of likely N-dealkylation sites (tertiary alicyclic amines) is 1. The number of rotatable bonds is 5. The minimum absolute atomic E-state index is 0.159. The second-order valence-corrected chi connectivity index (χ2v) is 5.55. The molecule has 3 nitrogen and oxygen atoms in total. The molecule has 2 rings (SSSR count). The lowest BCUT2D eigenvalue weighted by Crippen LogP contribution is -2.43. The molecule has 1 aliphatic heterocycles. The fraction of sp³-hybridized carbons (Fsp3) is 0.562. The molecule has 0 spiro atoms. The van der Waals surface area contributed by atoms with Gasteiger partial charge in [0, 0.05) is 25.6 Å². The van der Waals surface area contributed by atoms with Gasteiger partial charge >= 0.3 is 0 Å². The van der Waals surface area contributed by atoms with E-state index in [2.05, 4.69) is 5.32 Å². The van der Waals surface area contributed by atoms with Crippen molar-refractivity contribution in [3.8, 4) is 0 Å². The molecule has 0 bridgehead atoms. The lowest BCUT2D eigenvalue weighted by atomic mass is 10.0. The lowest BCUT2D eigenvalue weighted by Gasteiger charge is -2.31. The molecule has 0 radical (unpaired) electrons. The third kappa shape index (κ3) is 4.49. The second-order valence-electron chi connectivity index (χ2n) is 5.55. The molecule has 0 saturated carbocycles. The van der Waals surface area contributed by atoms with Gasteiger partial charge in [0.05, 0.1) is 0 Å². The molecule has 1 aromatic rings. The number of hydrogen-bond donors (Lipinski definition) is 1. The van der Waals surface area contributed by atoms with Crippen molar-refractivity contribution in [1.29, 1.82) is 0 Å². The van der Waals surface area contributed by atoms with Gasteiger partial charge in [-0.05, 0) is 50.4 Å². The SMILES string of the molecule is CNC1CCN(C(=O)CCCc2ccc(F)c(F)c2)CC1. The lowest BCUT2D eigenvalue weighted by molar-refractivity contribution is -0.132. The summed E-state index contributed by atoms with van der Waals surface area (Å²) in [5, 5.41) is 3.23. The third-order valence-corrected chi connectivity index (χ3v) is 4.10. The first-order valence-electron chi connectivity index (χ1n) is 7.49. The predicted octanol–water partition coefficient (Wildman–Crippen LogP) is 2.50. The van der Waals surface area contributed by atoms with Crippen LogP contribution in [-0.2, 0) is 11.2 Å². The number of hydrogen-bond acceptors (Lipinski definition) is 2. The van der Waals surface area contributed by atoms with Crippen LogP contribution in [0.1, 0.15) is 31.2 Å². The molecule has 1 amide bonds. The number of benzene rings is 1. The van der Waals surface area contributed by atoms with E-state index in [1.807, 2.05) is 11.9 Å². The molecule has 0 aliphatic carbocycles. The van der Waals surface area contributed by atoms with Crippen LogP contribution in [0.3, 0.4) is 0 Å². The van der Waals surface area contributed by atoms with Gasteiger partial charge in [-0.25, -0.2) is 8.78 Å². The average molecular weight is 296 g/mol. The molecule has 1 fully saturated rings. The van der Waals surface area contributed by atoms with Crippen molar-refractivity contribution in [2.24, 2.45) is 0 Å². The normalized spacial score (nSPS) is 16.2. The fourth-order valence-corrected chi connectivity index (χ4v) is 2.71. The van der Waals surface area contributed by atoms with Crippen LogP contribution in [0.15, 0.2) is 18.2 Å². The molecule has 21 heavy (non-hydrogen) atoms. The van der Waals surface area contributed by atoms with Crippen LogP contribution in [0.25, 0.3) is 0 Å². The second kappa shape index (κ2) is 7.50. The Labute approximate surface area is 124 Å². The van der Waals surface area contributed by atoms with E-state index in [-0.39, 0.29) is 5.91 Å². The highest BCUT2D eigenvalue weighted by Crippen LogP contribution is 2.14. The van der Waals surface area contributed by atoms with E-state index >= 15 is 0 Å². The molecule has 1 saturated heterocycles. The number of nitrogens with one attached hydrogen (secondary N) is 1. The number of amides is 1. The number of aryl methyl sites for hydroxylation is 1. The van der Waals surface area contributed by atoms with Crippen LogP contribution in [0.4, 0.5) is 8.78 Å². The Morgan fingerprint density at radius 1 is 1.29 bits per heavy atom. The Morgan fingerprint density at radius 2 is 2.00 bits per heavy atom. The highest BCUT2D eigenvalue weighted by molar-refractivity contribution is 5.76. The summed E-state index contributed by atoms with van der Waals surface area (Å²) in [7, 11) is 1.95. The van der Waals surface area contributed by atoms with Gasteiger partial charge in [0.2, 0.25) is 5.91 Å². The zero-order valence-corrected chi connectivity index (χ0v) is 12.4. The summed E-state index contributed by atoms with van der Waals surface area (Å²) >= 11 is 0. The number of nitrogens with zero attached hydrogens (tertiary/aromatic N) is 1. The smallest absolute Gasteiger partial charge is 0.222 e. The van der Waals surface area contributed by atoms with Crippen molar-refractivity contribution in [3.63, 3.8) is 0 Å². The highest BCUT2D eigenvalue weighted by atomic mass is 19.2. The molecule has 1 aliphatic rings. The first-order chi connectivity index (χ1) is 10.1. The molecule has 0 atom stereocenters. The van der Waals surface area contributed by atoms with Gasteiger partial charge in [-0.15, -0.1) is 0 Å². The Morgan fingerprint density at radius 3 is 2.62 bits per heavy atom. The van der Waals surface area contributed by atoms with E-state index < -0.39 is 11.6 Å². The topological polar surface area (TPSA) is 32.3 Å². The number of carbonyl (C=O) groups excluding carboxylic acids is 1. The first-order valence-corrected chi connectivity index (χ1v) is 7.49. The minimum Gasteiger partial charge on any atom is -0.343 e. The van der Waals surface area contributed by atoms with Gasteiger partial charge in [-0.1, -0.05) is 6.07 Å². The van der Waals surface area contributed by atoms with Crippen LogP contribution in [0.2, 0.25) is 0 Å². The standard InChI is InChI=1S/C16H22F2N2O/c1-19-13-7-9-20(10-8-13)16(21)4-2-3-12-5-6-14(17)15(18)11-12/h5-6,11,13,19H,2-4,7-10H2,1H3. The molecule has 5 heteroatoms. The van der Waals surface area contributed by atoms with E-state index in [4.69, 9.17) is 0 Å². The van der Waals surface area contributed by atoms with Crippen LogP contribution in [0.5, 0.6) is 0 Å². The molecule has 1 aromatic carbocycles. The molecular formula is C16H22F2N2O. The maximum absolute atomic E-state index is 13.1. The van der Waals surface area contributed by atoms with E-state index in [0.717, 1.165) is 37.6 Å². The zero-order chi connectivity index (χ0) is 15.2. The summed E-state index contributed by atoms with van der Waals surface area (Å²) in [6, 6.07) is 4.42. The van der Waals surface area contributed by atoms with E-state index in [1.165, 1.54) is 6.07 Å². The van der Waals surface area contributed by atoms with Gasteiger partial charge in [-0.3, -0.25) is 4.79 Å². The Balaban J connectivity index is 1.73. The summed E-state index contributed by atoms with van der Waals surface area (Å²) in [6.45, 7) is 1.60. The monoisotopic (exact) mass is 296 g/mol. The number of piperidine rings is 1. The van der Waals surface area contributed by atoms with Crippen molar-refractivity contribution in [2.75, 3.05) is 20.1 Å². The molecule has 0 unspecified atom stereocenters. The van der Waals surface area contributed by atoms with Crippen LogP contribution in [-0.4, -0.2) is 37.0 Å². The van der Waals surface area contributed by atoms with Gasteiger partial charge < -0.3 is 10.2 Å². The van der Waals surface area contributed by atoms with Crippen molar-refractivity contribution in [2.45, 2.75) is 38.1 Å². The van der Waals surface area contributed by atoms with Gasteiger partial charge in [0.15, 0.2) is 11.6 Å². The van der Waals surface area contributed by atoms with Crippen molar-refractivity contribution in [1.82, 2.24) is 10.2 Å². The largest absolute Gasteiger partial charge is 0.343 e. The minimum atomic E-state index is -0.831. The summed E-state index contributed by atoms with van der Waals surface area (Å²) in [4.78, 5) is 14.0. The Bertz CT molecular complexity index is 485. The third-order valence-electron chi connectivity index (χ3n) is 4.10. The van der Waals surface area contributed by atoms with E-state index in [1.54, 1.807) is 6.07 Å². The quantitative estimate of drug-likeness (QED) is 0.905. The van der Waals surface area contributed by atoms with Crippen LogP contribution in [0, 0.1) is 11.6 Å². The summed E-state index contributed by atoms with van der Waals surface area (Å²) in [6.07, 6.45) is 3.70. The summed E-state index contributed by atoms with van der Waals surface area (Å²) < 4.78 is 25.9. The van der Waals surface area contributed by atoms with Crippen molar-refractivity contribution in [3.05, 3.63) is 35.4 Å². The Kier molecular flexibility index (Phi) is 5.67. The molecule has 0 aromatic heterocycles. The van der Waals surface area contributed by atoms with Crippen LogP contribution >= 0.6 is 0 Å². The number of halogens is 2. The van der Waals surface area contributed by atoms with Crippen molar-refractivity contribution < 1.29 is 13.6 Å². The maximum Gasteiger partial charge on any atom is 0.222 e. The average Bonchev–Trinajstić information content (AvgIpc) is 2.51. The van der Waals surface area contributed by atoms with Gasteiger partial charge in [0.25, 0.3) is 0 Å². The zero-order valence-electron chi connectivity index (χ0n) is 12.4. The summed E-state index contributed by atoms with van der Waals surface area (Å²) in [5.41, 5.74) is 0.732. The van der Waals surface area contributed by atoms with E-state index in [0.29, 0.717) is 25.3 Å². The molecule has 1 N–H and O–H groups in total. The maximum atomic E-state index is 13.1. The molecular weight excluding hydrogens is 274 g/mol. The molecule has 116 valence electrons. The van der Waals surface area contributed by atoms with Crippen molar-refractivity contribution >= 4 is 5.91 Å². The van der Waals surface area contributed by atoms with Gasteiger partial charge in [0.1, 0.15) is 0 Å². The fourth-order valence-electron chi connectivity index (χ4n) is 2.71. The predicted molar refractivity (Wildman–Crippen MR) is 78.0 cm³/mol. The Hall–Kier alpha value is -1.49. The first kappa shape index (κ1) is 15.9. The van der Waals surface area contributed by atoms with E-state index in [9.17, 15) is 13.6 Å². The number of carbonyl (C=O) groups is 1. The highest BCUT2D eigenvalue weighted by Gasteiger charge is 2.21. The van der Waals surface area contributed by atoms with Crippen LogP contribution < -0.4 is 5.32 Å². The summed E-state index contributed by atoms with van der Waals surface area (Å²) in [5.74, 6) is -1.50.